The van der Waals surface area contributed by atoms with Crippen LogP contribution in [0.25, 0.3) is 0 Å². The smallest absolute Gasteiger partial charge is 0.417 e. The van der Waals surface area contributed by atoms with Crippen LogP contribution in [0.1, 0.15) is 54.9 Å². The van der Waals surface area contributed by atoms with Crippen LogP contribution in [0.2, 0.25) is 5.02 Å². The lowest BCUT2D eigenvalue weighted by Crippen LogP contribution is -2.57. The first-order valence-corrected chi connectivity index (χ1v) is 13.7. The van der Waals surface area contributed by atoms with Gasteiger partial charge in [0.15, 0.2) is 0 Å². The number of imide groups is 1. The molecule has 35 heavy (non-hydrogen) atoms. The second kappa shape index (κ2) is 10.3. The third-order valence-corrected chi connectivity index (χ3v) is 8.81. The van der Waals surface area contributed by atoms with E-state index in [4.69, 9.17) is 21.1 Å². The lowest BCUT2D eigenvalue weighted by atomic mass is 9.89. The lowest BCUT2D eigenvalue weighted by Gasteiger charge is -2.41. The molecule has 7 nitrogen and oxygen atoms in total. The molecule has 10 heteroatoms. The van der Waals surface area contributed by atoms with Gasteiger partial charge in [-0.3, -0.25) is 9.59 Å². The molecule has 1 aromatic rings. The topological polar surface area (TPSA) is 76.2 Å². The van der Waals surface area contributed by atoms with Crippen molar-refractivity contribution in [3.8, 4) is 0 Å². The minimum atomic E-state index is -1.27. The van der Waals surface area contributed by atoms with Gasteiger partial charge in [0.1, 0.15) is 36.1 Å². The zero-order chi connectivity index (χ0) is 27.1. The van der Waals surface area contributed by atoms with Gasteiger partial charge in [0, 0.05) is 36.0 Å². The second-order valence-corrected chi connectivity index (χ2v) is 13.9. The van der Waals surface area contributed by atoms with Gasteiger partial charge in [0.25, 0.3) is 5.91 Å². The highest BCUT2D eigenvalue weighted by molar-refractivity contribution is 7.96. The molecule has 1 aliphatic heterocycles. The molecule has 1 aliphatic rings. The molecule has 196 valence electrons. The predicted octanol–water partition coefficient (Wildman–Crippen LogP) is 5.00. The molecule has 1 fully saturated rings. The Morgan fingerprint density at radius 3 is 2.17 bits per heavy atom. The van der Waals surface area contributed by atoms with Crippen LogP contribution < -0.4 is 4.90 Å². The fourth-order valence-electron chi connectivity index (χ4n) is 3.80. The monoisotopic (exact) mass is 531 g/mol. The number of hydrogen-bond acceptors (Lipinski definition) is 5. The van der Waals surface area contributed by atoms with E-state index in [1.165, 1.54) is 24.1 Å². The zero-order valence-electron chi connectivity index (χ0n) is 22.2. The molecule has 0 unspecified atom stereocenters. The Hall–Kier alpha value is -1.84. The van der Waals surface area contributed by atoms with Gasteiger partial charge in [-0.25, -0.2) is 14.1 Å². The van der Waals surface area contributed by atoms with E-state index >= 15 is 0 Å². The highest BCUT2D eigenvalue weighted by atomic mass is 35.5. The van der Waals surface area contributed by atoms with Crippen molar-refractivity contribution in [3.63, 3.8) is 0 Å². The van der Waals surface area contributed by atoms with Gasteiger partial charge in [0.05, 0.1) is 11.4 Å². The summed E-state index contributed by atoms with van der Waals surface area (Å²) in [6.07, 6.45) is 2.10. The molecule has 2 rings (SSSR count). The van der Waals surface area contributed by atoms with Crippen molar-refractivity contribution in [2.24, 2.45) is 5.41 Å². The second-order valence-electron chi connectivity index (χ2n) is 11.1. The predicted molar refractivity (Wildman–Crippen MR) is 138 cm³/mol. The normalized spacial score (nSPS) is 20.7. The molecule has 0 N–H and O–H groups in total. The van der Waals surface area contributed by atoms with Crippen LogP contribution >= 0.6 is 11.6 Å². The van der Waals surface area contributed by atoms with Gasteiger partial charge in [-0.05, 0) is 39.0 Å². The quantitative estimate of drug-likeness (QED) is 0.500. The maximum atomic E-state index is 13.8. The van der Waals surface area contributed by atoms with Crippen molar-refractivity contribution >= 4 is 46.1 Å². The molecule has 0 radical (unpaired) electrons. The van der Waals surface area contributed by atoms with Crippen molar-refractivity contribution in [2.75, 3.05) is 24.5 Å². The number of likely N-dealkylation sites (tertiary alicyclic amines) is 1. The summed E-state index contributed by atoms with van der Waals surface area (Å²) in [4.78, 5) is 41.4. The minimum Gasteiger partial charge on any atom is -0.443 e. The molecule has 1 saturated heterocycles. The summed E-state index contributed by atoms with van der Waals surface area (Å²) in [6.45, 7) is 13.1. The van der Waals surface area contributed by atoms with Crippen molar-refractivity contribution in [2.45, 2.75) is 77.6 Å². The van der Waals surface area contributed by atoms with Crippen LogP contribution in [0.3, 0.4) is 0 Å². The molecule has 0 aromatic heterocycles. The summed E-state index contributed by atoms with van der Waals surface area (Å²) in [7, 11) is 1.21. The Balaban J connectivity index is 2.54. The van der Waals surface area contributed by atoms with E-state index in [1.54, 1.807) is 20.8 Å². The number of halogens is 2. The van der Waals surface area contributed by atoms with Gasteiger partial charge in [-0.1, -0.05) is 32.4 Å². The van der Waals surface area contributed by atoms with Crippen LogP contribution in [0.5, 0.6) is 0 Å². The maximum Gasteiger partial charge on any atom is 0.417 e. The molecule has 3 amide bonds. The van der Waals surface area contributed by atoms with Gasteiger partial charge < -0.3 is 14.4 Å². The number of carbonyl (C=O) groups is 3. The third-order valence-electron chi connectivity index (χ3n) is 6.26. The van der Waals surface area contributed by atoms with Crippen molar-refractivity contribution in [1.29, 1.82) is 0 Å². The number of hydrogen-bond donors (Lipinski definition) is 0. The molecule has 1 heterocycles. The van der Waals surface area contributed by atoms with Crippen molar-refractivity contribution in [1.82, 2.24) is 4.90 Å². The Labute approximate surface area is 215 Å². The Morgan fingerprint density at radius 1 is 1.14 bits per heavy atom. The molecule has 3 atom stereocenters. The number of likely N-dealkylation sites (N-methyl/N-ethyl adjacent to an activating group) is 1. The van der Waals surface area contributed by atoms with E-state index in [0.717, 1.165) is 11.0 Å². The van der Waals surface area contributed by atoms with E-state index in [1.807, 2.05) is 40.2 Å². The van der Waals surface area contributed by atoms with Crippen LogP contribution in [0.15, 0.2) is 18.2 Å². The summed E-state index contributed by atoms with van der Waals surface area (Å²) >= 11 is 5.92. The SMILES string of the molecule is CN(C(=O)[C@@H]1[C@H](O[C@@](C)([S+](C)C)C(C)(C)C)CC(=O)N1C(=O)OC(C)(C)C)c1ccc(F)c(Cl)c1. The Bertz CT molecular complexity index is 991. The molecule has 0 aliphatic carbocycles. The van der Waals surface area contributed by atoms with Crippen LogP contribution in [0.4, 0.5) is 14.9 Å². The zero-order valence-corrected chi connectivity index (χ0v) is 23.8. The summed E-state index contributed by atoms with van der Waals surface area (Å²) < 4.78 is 25.7. The number of ether oxygens (including phenoxy) is 2. The van der Waals surface area contributed by atoms with Crippen LogP contribution in [-0.4, -0.2) is 65.0 Å². The third kappa shape index (κ3) is 6.30. The van der Waals surface area contributed by atoms with E-state index in [0.29, 0.717) is 5.69 Å². The highest BCUT2D eigenvalue weighted by Crippen LogP contribution is 2.42. The summed E-state index contributed by atoms with van der Waals surface area (Å²) in [5.41, 5.74) is -0.890. The first kappa shape index (κ1) is 29.4. The van der Waals surface area contributed by atoms with E-state index in [9.17, 15) is 18.8 Å². The fourth-order valence-corrected chi connectivity index (χ4v) is 5.51. The van der Waals surface area contributed by atoms with E-state index in [2.05, 4.69) is 0 Å². The molecule has 0 spiro atoms. The van der Waals surface area contributed by atoms with Gasteiger partial charge >= 0.3 is 6.09 Å². The minimum absolute atomic E-state index is 0.150. The maximum absolute atomic E-state index is 13.8. The molecular formula is C25H37ClFN2O5S+. The Kier molecular flexibility index (Phi) is 8.62. The van der Waals surface area contributed by atoms with Crippen LogP contribution in [0, 0.1) is 11.2 Å². The number of carbonyl (C=O) groups excluding carboxylic acids is 3. The summed E-state index contributed by atoms with van der Waals surface area (Å²) in [5, 5.41) is -0.150. The number of rotatable bonds is 5. The molecule has 0 bridgehead atoms. The average Bonchev–Trinajstić information content (AvgIpc) is 3.02. The van der Waals surface area contributed by atoms with Gasteiger partial charge in [-0.2, -0.15) is 0 Å². The summed E-state index contributed by atoms with van der Waals surface area (Å²) in [5.74, 6) is -1.75. The number of amides is 3. The number of nitrogens with zero attached hydrogens (tertiary/aromatic N) is 2. The van der Waals surface area contributed by atoms with Crippen molar-refractivity contribution < 1.29 is 28.2 Å². The van der Waals surface area contributed by atoms with Gasteiger partial charge in [-0.15, -0.1) is 0 Å². The van der Waals surface area contributed by atoms with E-state index in [-0.39, 0.29) is 27.8 Å². The fraction of sp³-hybridized carbons (Fsp3) is 0.640. The first-order chi connectivity index (χ1) is 15.8. The van der Waals surface area contributed by atoms with E-state index < -0.39 is 46.4 Å². The largest absolute Gasteiger partial charge is 0.443 e. The molecular weight excluding hydrogens is 495 g/mol. The molecule has 1 aromatic carbocycles. The highest BCUT2D eigenvalue weighted by Gasteiger charge is 2.57. The lowest BCUT2D eigenvalue weighted by molar-refractivity contribution is -0.136. The van der Waals surface area contributed by atoms with Crippen LogP contribution in [-0.2, 0) is 30.0 Å². The standard InChI is InChI=1S/C25H37ClFN2O5S/c1-23(2,3)25(7,35(9)10)33-18-14-19(30)29(22(32)34-24(4,5)6)20(18)21(31)28(8)15-11-12-17(27)16(26)13-15/h11-13,18,20H,14H2,1-10H3/q+1/t18-,20+,25+/m1/s1. The Morgan fingerprint density at radius 2 is 1.71 bits per heavy atom. The number of benzene rings is 1. The number of anilines is 1. The van der Waals surface area contributed by atoms with Gasteiger partial charge in [0.2, 0.25) is 10.8 Å². The van der Waals surface area contributed by atoms with Crippen molar-refractivity contribution in [3.05, 3.63) is 29.0 Å². The first-order valence-electron chi connectivity index (χ1n) is 11.3. The molecule has 0 saturated carbocycles. The summed E-state index contributed by atoms with van der Waals surface area (Å²) in [6, 6.07) is 2.60. The average molecular weight is 532 g/mol.